The Morgan fingerprint density at radius 2 is 1.96 bits per heavy atom. The molecule has 0 radical (unpaired) electrons. The Balaban J connectivity index is 2.37. The molecule has 2 aliphatic rings. The van der Waals surface area contributed by atoms with Gasteiger partial charge >= 0.3 is 0 Å². The first-order chi connectivity index (χ1) is 10.6. The number of Topliss-reactive ketones (excluding diaryl/α,β-unsaturated/α-hetero) is 1. The van der Waals surface area contributed by atoms with Crippen LogP contribution in [0.1, 0.15) is 73.1 Å². The van der Waals surface area contributed by atoms with Gasteiger partial charge in [-0.3, -0.25) is 4.79 Å². The number of allylic oxidation sites excluding steroid dienone is 1. The van der Waals surface area contributed by atoms with E-state index in [0.29, 0.717) is 12.8 Å². The standard InChI is InChI=1S/C20H34O3/c1-14(8-12-21)7-11-20(23)15(2)16(22)13-17-18(3,4)9-6-10-19(17,20)5/h8,15,17,21,23H,6-7,9-13H2,1-5H3. The second-order valence-electron chi connectivity index (χ2n) is 8.86. The average molecular weight is 322 g/mol. The molecule has 0 amide bonds. The van der Waals surface area contributed by atoms with E-state index in [4.69, 9.17) is 5.11 Å². The molecular formula is C20H34O3. The van der Waals surface area contributed by atoms with Crippen LogP contribution in [-0.2, 0) is 4.79 Å². The van der Waals surface area contributed by atoms with Gasteiger partial charge in [-0.05, 0) is 43.9 Å². The van der Waals surface area contributed by atoms with Crippen molar-refractivity contribution in [3.63, 3.8) is 0 Å². The molecule has 2 rings (SSSR count). The summed E-state index contributed by atoms with van der Waals surface area (Å²) in [5.41, 5.74) is 0.0326. The number of hydrogen-bond donors (Lipinski definition) is 2. The van der Waals surface area contributed by atoms with Crippen LogP contribution in [0.25, 0.3) is 0 Å². The lowest BCUT2D eigenvalue weighted by molar-refractivity contribution is -0.208. The van der Waals surface area contributed by atoms with Gasteiger partial charge in [0.05, 0.1) is 12.2 Å². The lowest BCUT2D eigenvalue weighted by Crippen LogP contribution is -2.64. The number of hydrogen-bond acceptors (Lipinski definition) is 3. The molecule has 4 atom stereocenters. The zero-order chi connectivity index (χ0) is 17.5. The van der Waals surface area contributed by atoms with Gasteiger partial charge in [-0.2, -0.15) is 0 Å². The van der Waals surface area contributed by atoms with Gasteiger partial charge in [0.1, 0.15) is 5.78 Å². The van der Waals surface area contributed by atoms with E-state index in [-0.39, 0.29) is 35.1 Å². The third kappa shape index (κ3) is 3.02. The number of ketones is 1. The maximum absolute atomic E-state index is 12.7. The van der Waals surface area contributed by atoms with Gasteiger partial charge in [0.25, 0.3) is 0 Å². The minimum atomic E-state index is -0.949. The van der Waals surface area contributed by atoms with E-state index in [9.17, 15) is 9.90 Å². The van der Waals surface area contributed by atoms with E-state index in [1.165, 1.54) is 0 Å². The van der Waals surface area contributed by atoms with E-state index in [0.717, 1.165) is 31.3 Å². The second-order valence-corrected chi connectivity index (χ2v) is 8.86. The summed E-state index contributed by atoms with van der Waals surface area (Å²) in [7, 11) is 0. The fourth-order valence-corrected chi connectivity index (χ4v) is 5.43. The summed E-state index contributed by atoms with van der Waals surface area (Å²) in [6.07, 6.45) is 6.99. The van der Waals surface area contributed by atoms with E-state index in [2.05, 4.69) is 20.8 Å². The molecule has 0 spiro atoms. The van der Waals surface area contributed by atoms with Gasteiger partial charge < -0.3 is 10.2 Å². The summed E-state index contributed by atoms with van der Waals surface area (Å²) in [5, 5.41) is 20.7. The molecule has 23 heavy (non-hydrogen) atoms. The molecule has 132 valence electrons. The third-order valence-electron chi connectivity index (χ3n) is 7.16. The summed E-state index contributed by atoms with van der Waals surface area (Å²) in [4.78, 5) is 12.7. The van der Waals surface area contributed by atoms with Crippen molar-refractivity contribution in [1.29, 1.82) is 0 Å². The lowest BCUT2D eigenvalue weighted by Gasteiger charge is -2.62. The topological polar surface area (TPSA) is 57.5 Å². The zero-order valence-corrected chi connectivity index (χ0v) is 15.5. The van der Waals surface area contributed by atoms with Crippen molar-refractivity contribution in [2.45, 2.75) is 78.7 Å². The second kappa shape index (κ2) is 6.33. The van der Waals surface area contributed by atoms with Crippen LogP contribution in [0.2, 0.25) is 0 Å². The number of carbonyl (C=O) groups excluding carboxylic acids is 1. The van der Waals surface area contributed by atoms with Gasteiger partial charge in [-0.15, -0.1) is 0 Å². The molecule has 0 aromatic rings. The molecule has 0 aliphatic heterocycles. The number of aliphatic hydroxyl groups is 2. The molecule has 0 bridgehead atoms. The van der Waals surface area contributed by atoms with Crippen molar-refractivity contribution < 1.29 is 15.0 Å². The van der Waals surface area contributed by atoms with Crippen LogP contribution in [-0.4, -0.2) is 28.2 Å². The maximum atomic E-state index is 12.7. The highest BCUT2D eigenvalue weighted by atomic mass is 16.3. The smallest absolute Gasteiger partial charge is 0.138 e. The Hall–Kier alpha value is -0.670. The fraction of sp³-hybridized carbons (Fsp3) is 0.850. The fourth-order valence-electron chi connectivity index (χ4n) is 5.43. The number of aliphatic hydroxyl groups excluding tert-OH is 1. The molecular weight excluding hydrogens is 288 g/mol. The summed E-state index contributed by atoms with van der Waals surface area (Å²) in [6, 6.07) is 0. The normalized spacial score (nSPS) is 40.8. The molecule has 2 N–H and O–H groups in total. The number of fused-ring (bicyclic) bond motifs is 1. The quantitative estimate of drug-likeness (QED) is 0.772. The van der Waals surface area contributed by atoms with Crippen molar-refractivity contribution in [3.05, 3.63) is 11.6 Å². The number of carbonyl (C=O) groups is 1. The van der Waals surface area contributed by atoms with Crippen molar-refractivity contribution in [3.8, 4) is 0 Å². The van der Waals surface area contributed by atoms with Crippen LogP contribution in [0.15, 0.2) is 11.6 Å². The van der Waals surface area contributed by atoms with Crippen molar-refractivity contribution in [2.24, 2.45) is 22.7 Å². The summed E-state index contributed by atoms with van der Waals surface area (Å²) >= 11 is 0. The van der Waals surface area contributed by atoms with Crippen LogP contribution in [0.5, 0.6) is 0 Å². The molecule has 0 saturated heterocycles. The minimum absolute atomic E-state index is 0.0334. The van der Waals surface area contributed by atoms with E-state index in [1.807, 2.05) is 13.8 Å². The van der Waals surface area contributed by atoms with Crippen molar-refractivity contribution in [2.75, 3.05) is 6.61 Å². The van der Waals surface area contributed by atoms with Gasteiger partial charge in [0, 0.05) is 17.8 Å². The van der Waals surface area contributed by atoms with Crippen LogP contribution in [0.4, 0.5) is 0 Å². The first-order valence-electron chi connectivity index (χ1n) is 9.10. The highest BCUT2D eigenvalue weighted by Gasteiger charge is 2.63. The Kier molecular flexibility index (Phi) is 5.13. The third-order valence-corrected chi connectivity index (χ3v) is 7.16. The Morgan fingerprint density at radius 3 is 2.57 bits per heavy atom. The van der Waals surface area contributed by atoms with Gasteiger partial charge in [-0.1, -0.05) is 45.8 Å². The van der Waals surface area contributed by atoms with Crippen molar-refractivity contribution in [1.82, 2.24) is 0 Å². The predicted octanol–water partition coefficient (Wildman–Crippen LogP) is 3.88. The van der Waals surface area contributed by atoms with Gasteiger partial charge in [0.15, 0.2) is 0 Å². The van der Waals surface area contributed by atoms with Gasteiger partial charge in [0.2, 0.25) is 0 Å². The van der Waals surface area contributed by atoms with Crippen LogP contribution < -0.4 is 0 Å². The molecule has 4 unspecified atom stereocenters. The molecule has 3 nitrogen and oxygen atoms in total. The SMILES string of the molecule is CC(=CCO)CCC1(O)C(C)C(=O)CC2C(C)(C)CCCC21C. The lowest BCUT2D eigenvalue weighted by atomic mass is 9.44. The summed E-state index contributed by atoms with van der Waals surface area (Å²) in [5.74, 6) is 0.160. The molecule has 2 saturated carbocycles. The van der Waals surface area contributed by atoms with Crippen LogP contribution in [0.3, 0.4) is 0 Å². The summed E-state index contributed by atoms with van der Waals surface area (Å²) < 4.78 is 0. The number of rotatable bonds is 4. The first-order valence-corrected chi connectivity index (χ1v) is 9.10. The highest BCUT2D eigenvalue weighted by Crippen LogP contribution is 2.62. The molecule has 0 aromatic heterocycles. The molecule has 3 heteroatoms. The predicted molar refractivity (Wildman–Crippen MR) is 93.0 cm³/mol. The van der Waals surface area contributed by atoms with E-state index < -0.39 is 5.60 Å². The average Bonchev–Trinajstić information content (AvgIpc) is 2.46. The van der Waals surface area contributed by atoms with Crippen molar-refractivity contribution >= 4 is 5.78 Å². The van der Waals surface area contributed by atoms with Crippen LogP contribution >= 0.6 is 0 Å². The molecule has 2 fully saturated rings. The minimum Gasteiger partial charge on any atom is -0.392 e. The zero-order valence-electron chi connectivity index (χ0n) is 15.5. The monoisotopic (exact) mass is 322 g/mol. The van der Waals surface area contributed by atoms with Gasteiger partial charge in [-0.25, -0.2) is 0 Å². The summed E-state index contributed by atoms with van der Waals surface area (Å²) in [6.45, 7) is 10.7. The largest absolute Gasteiger partial charge is 0.392 e. The Bertz CT molecular complexity index is 493. The Morgan fingerprint density at radius 1 is 1.30 bits per heavy atom. The van der Waals surface area contributed by atoms with E-state index >= 15 is 0 Å². The molecule has 2 aliphatic carbocycles. The van der Waals surface area contributed by atoms with E-state index in [1.54, 1.807) is 6.08 Å². The van der Waals surface area contributed by atoms with Crippen LogP contribution in [0, 0.1) is 22.7 Å². The molecule has 0 aromatic carbocycles. The highest BCUT2D eigenvalue weighted by molar-refractivity contribution is 5.83. The first kappa shape index (κ1) is 18.7. The maximum Gasteiger partial charge on any atom is 0.138 e. The molecule has 0 heterocycles. The Labute approximate surface area is 141 Å².